The number of anilines is 2. The standard InChI is InChI=1S/C27H31F3N4O3S/c1-18(2)17-37-22-8-5-4-7-20(22)26-21(27(28,29)30)11-12-23(31-26)33-38(35,36)25-10-6-9-24(32-25)34-15-13-19(3)14-16-34/h4-12,18-19H,13-17H2,1-3H3,(H,31,33). The van der Waals surface area contributed by atoms with E-state index in [1.807, 2.05) is 18.7 Å². The van der Waals surface area contributed by atoms with Crippen LogP contribution in [0.5, 0.6) is 5.75 Å². The van der Waals surface area contributed by atoms with Crippen molar-refractivity contribution in [3.8, 4) is 17.0 Å². The summed E-state index contributed by atoms with van der Waals surface area (Å²) in [6, 6.07) is 12.8. The SMILES string of the molecule is CC(C)COc1ccccc1-c1nc(NS(=O)(=O)c2cccc(N3CCC(C)CC3)n2)ccc1C(F)(F)F. The van der Waals surface area contributed by atoms with Gasteiger partial charge in [-0.1, -0.05) is 39.0 Å². The molecule has 1 aliphatic rings. The van der Waals surface area contributed by atoms with Gasteiger partial charge in [-0.05, 0) is 61.1 Å². The van der Waals surface area contributed by atoms with E-state index in [0.717, 1.165) is 38.1 Å². The first-order valence-corrected chi connectivity index (χ1v) is 14.0. The van der Waals surface area contributed by atoms with Crippen molar-refractivity contribution in [3.05, 3.63) is 60.2 Å². The van der Waals surface area contributed by atoms with E-state index >= 15 is 0 Å². The second-order valence-corrected chi connectivity index (χ2v) is 11.5. The summed E-state index contributed by atoms with van der Waals surface area (Å²) in [6.07, 6.45) is -2.75. The summed E-state index contributed by atoms with van der Waals surface area (Å²) < 4.78 is 76.2. The van der Waals surface area contributed by atoms with Gasteiger partial charge in [-0.2, -0.15) is 21.6 Å². The molecule has 38 heavy (non-hydrogen) atoms. The smallest absolute Gasteiger partial charge is 0.418 e. The minimum Gasteiger partial charge on any atom is -0.493 e. The lowest BCUT2D eigenvalue weighted by Gasteiger charge is -2.31. The summed E-state index contributed by atoms with van der Waals surface area (Å²) in [6.45, 7) is 7.86. The molecule has 1 aromatic carbocycles. The molecule has 11 heteroatoms. The fourth-order valence-corrected chi connectivity index (χ4v) is 5.12. The number of piperidine rings is 1. The molecule has 0 atom stereocenters. The fourth-order valence-electron chi connectivity index (χ4n) is 4.15. The summed E-state index contributed by atoms with van der Waals surface area (Å²) in [5, 5.41) is -0.238. The zero-order valence-electron chi connectivity index (χ0n) is 21.5. The Kier molecular flexibility index (Phi) is 8.15. The highest BCUT2D eigenvalue weighted by Gasteiger charge is 2.36. The molecule has 0 amide bonds. The number of nitrogens with zero attached hydrogens (tertiary/aromatic N) is 3. The van der Waals surface area contributed by atoms with Crippen molar-refractivity contribution in [1.29, 1.82) is 0 Å². The van der Waals surface area contributed by atoms with Gasteiger partial charge in [0.25, 0.3) is 10.0 Å². The van der Waals surface area contributed by atoms with Gasteiger partial charge in [-0.25, -0.2) is 9.97 Å². The quantitative estimate of drug-likeness (QED) is 0.359. The van der Waals surface area contributed by atoms with Crippen molar-refractivity contribution in [2.75, 3.05) is 29.3 Å². The molecular formula is C27H31F3N4O3S. The second-order valence-electron chi connectivity index (χ2n) is 9.90. The van der Waals surface area contributed by atoms with Gasteiger partial charge >= 0.3 is 6.18 Å². The van der Waals surface area contributed by atoms with E-state index in [1.165, 1.54) is 12.1 Å². The van der Waals surface area contributed by atoms with E-state index in [-0.39, 0.29) is 28.1 Å². The van der Waals surface area contributed by atoms with Crippen LogP contribution < -0.4 is 14.4 Å². The summed E-state index contributed by atoms with van der Waals surface area (Å²) in [4.78, 5) is 10.5. The number of aromatic nitrogens is 2. The van der Waals surface area contributed by atoms with Crippen molar-refractivity contribution >= 4 is 21.7 Å². The molecule has 1 fully saturated rings. The van der Waals surface area contributed by atoms with Gasteiger partial charge in [0, 0.05) is 18.7 Å². The van der Waals surface area contributed by atoms with Crippen LogP contribution in [0.4, 0.5) is 24.8 Å². The zero-order valence-corrected chi connectivity index (χ0v) is 22.3. The summed E-state index contributed by atoms with van der Waals surface area (Å²) in [5.41, 5.74) is -1.32. The van der Waals surface area contributed by atoms with Gasteiger partial charge in [-0.3, -0.25) is 4.72 Å². The van der Waals surface area contributed by atoms with Crippen molar-refractivity contribution in [2.45, 2.75) is 44.8 Å². The molecular weight excluding hydrogens is 517 g/mol. The highest BCUT2D eigenvalue weighted by molar-refractivity contribution is 7.92. The molecule has 0 unspecified atom stereocenters. The number of hydrogen-bond acceptors (Lipinski definition) is 6. The van der Waals surface area contributed by atoms with E-state index in [9.17, 15) is 21.6 Å². The number of halogens is 3. The Morgan fingerprint density at radius 1 is 1.03 bits per heavy atom. The first kappa shape index (κ1) is 27.7. The van der Waals surface area contributed by atoms with E-state index in [1.54, 1.807) is 30.3 Å². The topological polar surface area (TPSA) is 84.4 Å². The Morgan fingerprint density at radius 2 is 1.74 bits per heavy atom. The van der Waals surface area contributed by atoms with Crippen molar-refractivity contribution in [1.82, 2.24) is 9.97 Å². The van der Waals surface area contributed by atoms with Gasteiger partial charge in [0.2, 0.25) is 0 Å². The molecule has 1 saturated heterocycles. The molecule has 0 bridgehead atoms. The third kappa shape index (κ3) is 6.56. The third-order valence-electron chi connectivity index (χ3n) is 6.25. The van der Waals surface area contributed by atoms with E-state index in [0.29, 0.717) is 18.3 Å². The molecule has 0 radical (unpaired) electrons. The molecule has 0 aliphatic carbocycles. The van der Waals surface area contributed by atoms with Gasteiger partial charge < -0.3 is 9.64 Å². The highest BCUT2D eigenvalue weighted by Crippen LogP contribution is 2.40. The Labute approximate surface area is 221 Å². The van der Waals surface area contributed by atoms with Gasteiger partial charge in [0.15, 0.2) is 5.03 Å². The Hall–Kier alpha value is -3.34. The van der Waals surface area contributed by atoms with Crippen LogP contribution in [0.15, 0.2) is 59.6 Å². The first-order chi connectivity index (χ1) is 17.9. The highest BCUT2D eigenvalue weighted by atomic mass is 32.2. The predicted octanol–water partition coefficient (Wildman–Crippen LogP) is 6.23. The lowest BCUT2D eigenvalue weighted by Crippen LogP contribution is -2.33. The van der Waals surface area contributed by atoms with Crippen LogP contribution in [-0.2, 0) is 16.2 Å². The number of nitrogens with one attached hydrogen (secondary N) is 1. The van der Waals surface area contributed by atoms with Crippen molar-refractivity contribution in [3.63, 3.8) is 0 Å². The van der Waals surface area contributed by atoms with Crippen molar-refractivity contribution in [2.24, 2.45) is 11.8 Å². The number of hydrogen-bond donors (Lipinski definition) is 1. The lowest BCUT2D eigenvalue weighted by atomic mass is 9.99. The molecule has 4 rings (SSSR count). The average molecular weight is 549 g/mol. The molecule has 1 aliphatic heterocycles. The molecule has 204 valence electrons. The maximum Gasteiger partial charge on any atom is 0.418 e. The van der Waals surface area contributed by atoms with Crippen LogP contribution in [0.3, 0.4) is 0 Å². The molecule has 7 nitrogen and oxygen atoms in total. The Balaban J connectivity index is 1.68. The second kappa shape index (κ2) is 11.2. The number of benzene rings is 1. The number of sulfonamides is 1. The third-order valence-corrected chi connectivity index (χ3v) is 7.50. The molecule has 3 aromatic rings. The van der Waals surface area contributed by atoms with Crippen LogP contribution in [-0.4, -0.2) is 38.1 Å². The minimum absolute atomic E-state index is 0.112. The number of alkyl halides is 3. The van der Waals surface area contributed by atoms with Crippen LogP contribution in [0.2, 0.25) is 0 Å². The number of pyridine rings is 2. The maximum absolute atomic E-state index is 13.9. The maximum atomic E-state index is 13.9. The van der Waals surface area contributed by atoms with Gasteiger partial charge in [0.05, 0.1) is 17.9 Å². The molecule has 0 spiro atoms. The van der Waals surface area contributed by atoms with Crippen LogP contribution >= 0.6 is 0 Å². The molecule has 1 N–H and O–H groups in total. The number of ether oxygens (including phenoxy) is 1. The van der Waals surface area contributed by atoms with E-state index < -0.39 is 27.5 Å². The van der Waals surface area contributed by atoms with Crippen LogP contribution in [0.1, 0.15) is 39.2 Å². The first-order valence-electron chi connectivity index (χ1n) is 12.5. The normalized spacial score (nSPS) is 15.1. The minimum atomic E-state index is -4.72. The molecule has 3 heterocycles. The summed E-state index contributed by atoms with van der Waals surface area (Å²) in [5.74, 6) is 1.25. The zero-order chi connectivity index (χ0) is 27.5. The van der Waals surface area contributed by atoms with Crippen LogP contribution in [0, 0.1) is 11.8 Å². The molecule has 0 saturated carbocycles. The fraction of sp³-hybridized carbons (Fsp3) is 0.407. The number of para-hydroxylation sites is 1. The van der Waals surface area contributed by atoms with Gasteiger partial charge in [0.1, 0.15) is 17.4 Å². The van der Waals surface area contributed by atoms with Crippen molar-refractivity contribution < 1.29 is 26.3 Å². The summed E-state index contributed by atoms with van der Waals surface area (Å²) in [7, 11) is -4.23. The predicted molar refractivity (Wildman–Crippen MR) is 141 cm³/mol. The Bertz CT molecular complexity index is 1370. The molecule has 2 aromatic heterocycles. The average Bonchev–Trinajstić information content (AvgIpc) is 2.87. The summed E-state index contributed by atoms with van der Waals surface area (Å²) >= 11 is 0. The lowest BCUT2D eigenvalue weighted by molar-refractivity contribution is -0.137. The monoisotopic (exact) mass is 548 g/mol. The van der Waals surface area contributed by atoms with E-state index in [2.05, 4.69) is 21.6 Å². The van der Waals surface area contributed by atoms with Crippen LogP contribution in [0.25, 0.3) is 11.3 Å². The van der Waals surface area contributed by atoms with E-state index in [4.69, 9.17) is 4.74 Å². The largest absolute Gasteiger partial charge is 0.493 e. The number of rotatable bonds is 8. The van der Waals surface area contributed by atoms with Gasteiger partial charge in [-0.15, -0.1) is 0 Å². The Morgan fingerprint density at radius 3 is 2.42 bits per heavy atom.